The summed E-state index contributed by atoms with van der Waals surface area (Å²) in [4.78, 5) is 0. The van der Waals surface area contributed by atoms with Gasteiger partial charge in [0.25, 0.3) is 0 Å². The normalized spacial score (nSPS) is 20.4. The average Bonchev–Trinajstić information content (AvgIpc) is 3.03. The number of allylic oxidation sites excluding steroid dienone is 2. The van der Waals surface area contributed by atoms with Crippen LogP contribution in [0.4, 0.5) is 0 Å². The monoisotopic (exact) mass is 242 g/mol. The van der Waals surface area contributed by atoms with Crippen LogP contribution in [0.3, 0.4) is 0 Å². The zero-order chi connectivity index (χ0) is 11.9. The Hall–Kier alpha value is -0.130. The molecule has 1 unspecified atom stereocenters. The van der Waals surface area contributed by atoms with E-state index in [4.69, 9.17) is 4.74 Å². The van der Waals surface area contributed by atoms with Crippen LogP contribution in [0.1, 0.15) is 26.2 Å². The van der Waals surface area contributed by atoms with Gasteiger partial charge in [-0.3, -0.25) is 0 Å². The van der Waals surface area contributed by atoms with Crippen LogP contribution < -0.4 is 0 Å². The van der Waals surface area contributed by atoms with E-state index in [-0.39, 0.29) is 0 Å². The molecule has 0 spiro atoms. The van der Waals surface area contributed by atoms with Crippen LogP contribution in [0.25, 0.3) is 0 Å². The number of rotatable bonds is 10. The summed E-state index contributed by atoms with van der Waals surface area (Å²) >= 11 is 0. The molecule has 1 fully saturated rings. The van der Waals surface area contributed by atoms with E-state index in [1.807, 2.05) is 0 Å². The van der Waals surface area contributed by atoms with Crippen molar-refractivity contribution >= 4 is 7.26 Å². The molecule has 0 saturated carbocycles. The molecular weight excluding hydrogens is 215 g/mol. The number of hydrogen-bond acceptors (Lipinski definition) is 1. The summed E-state index contributed by atoms with van der Waals surface area (Å²) in [6, 6.07) is 0. The fraction of sp³-hybridized carbons (Fsp3) is 0.714. The molecule has 1 saturated heterocycles. The molecule has 94 valence electrons. The van der Waals surface area contributed by atoms with Crippen molar-refractivity contribution in [2.45, 2.75) is 32.3 Å². The number of unbranched alkanes of at least 4 members (excludes halogenated alkanes) is 2. The molecule has 0 aromatic carbocycles. The standard InChI is InChI=1S/C14H27OP/c1-4-7-8-11-16(9-5-2,10-6-3)13-14-12-15-14/h5-6,14,16H,2-4,7-13H2,1H3. The third kappa shape index (κ3) is 4.80. The SMILES string of the molecule is C=CC[PH](CC=C)(CCCCC)CC1CO1. The van der Waals surface area contributed by atoms with Crippen LogP contribution in [-0.2, 0) is 4.74 Å². The number of hydrogen-bond donors (Lipinski definition) is 0. The zero-order valence-electron chi connectivity index (χ0n) is 10.7. The molecule has 16 heavy (non-hydrogen) atoms. The van der Waals surface area contributed by atoms with Crippen molar-refractivity contribution in [3.05, 3.63) is 25.3 Å². The van der Waals surface area contributed by atoms with Gasteiger partial charge in [0.15, 0.2) is 0 Å². The fourth-order valence-corrected chi connectivity index (χ4v) is 7.13. The molecule has 0 aromatic rings. The van der Waals surface area contributed by atoms with Crippen LogP contribution in [0, 0.1) is 0 Å². The zero-order valence-corrected chi connectivity index (χ0v) is 11.7. The van der Waals surface area contributed by atoms with Crippen LogP contribution in [0.2, 0.25) is 0 Å². The van der Waals surface area contributed by atoms with Crippen LogP contribution in [0.5, 0.6) is 0 Å². The first-order valence-corrected chi connectivity index (χ1v) is 9.42. The number of epoxide rings is 1. The number of ether oxygens (including phenoxy) is 1. The predicted molar refractivity (Wildman–Crippen MR) is 77.4 cm³/mol. The molecule has 0 aromatic heterocycles. The second-order valence-corrected chi connectivity index (χ2v) is 9.83. The molecule has 1 atom stereocenters. The first-order valence-electron chi connectivity index (χ1n) is 6.60. The molecule has 0 amide bonds. The maximum absolute atomic E-state index is 5.43. The van der Waals surface area contributed by atoms with Crippen molar-refractivity contribution in [3.63, 3.8) is 0 Å². The van der Waals surface area contributed by atoms with Gasteiger partial charge in [0.2, 0.25) is 0 Å². The van der Waals surface area contributed by atoms with Gasteiger partial charge in [-0.1, -0.05) is 0 Å². The van der Waals surface area contributed by atoms with Crippen molar-refractivity contribution in [1.82, 2.24) is 0 Å². The Morgan fingerprint density at radius 2 is 1.88 bits per heavy atom. The molecule has 1 aliphatic rings. The van der Waals surface area contributed by atoms with Crippen molar-refractivity contribution in [2.75, 3.05) is 31.3 Å². The van der Waals surface area contributed by atoms with Gasteiger partial charge in [-0.05, 0) is 0 Å². The quantitative estimate of drug-likeness (QED) is 0.246. The molecule has 1 nitrogen and oxygen atoms in total. The molecule has 1 rings (SSSR count). The molecule has 1 aliphatic heterocycles. The summed E-state index contributed by atoms with van der Waals surface area (Å²) in [7, 11) is -1.19. The van der Waals surface area contributed by atoms with Gasteiger partial charge in [0, 0.05) is 0 Å². The Bertz CT molecular complexity index is 211. The van der Waals surface area contributed by atoms with E-state index in [1.165, 1.54) is 43.9 Å². The minimum atomic E-state index is -1.19. The van der Waals surface area contributed by atoms with Gasteiger partial charge in [0.1, 0.15) is 0 Å². The van der Waals surface area contributed by atoms with Gasteiger partial charge in [-0.15, -0.1) is 0 Å². The first kappa shape index (κ1) is 13.9. The Morgan fingerprint density at radius 1 is 1.25 bits per heavy atom. The van der Waals surface area contributed by atoms with Gasteiger partial charge >= 0.3 is 101 Å². The van der Waals surface area contributed by atoms with E-state index in [2.05, 4.69) is 32.2 Å². The summed E-state index contributed by atoms with van der Waals surface area (Å²) in [6.45, 7) is 11.2. The van der Waals surface area contributed by atoms with Crippen LogP contribution >= 0.6 is 7.26 Å². The summed E-state index contributed by atoms with van der Waals surface area (Å²) in [5, 5.41) is 0. The summed E-state index contributed by atoms with van der Waals surface area (Å²) < 4.78 is 5.43. The van der Waals surface area contributed by atoms with E-state index < -0.39 is 7.26 Å². The summed E-state index contributed by atoms with van der Waals surface area (Å²) in [5.41, 5.74) is 0. The van der Waals surface area contributed by atoms with Gasteiger partial charge in [-0.25, -0.2) is 0 Å². The molecule has 1 heterocycles. The van der Waals surface area contributed by atoms with Gasteiger partial charge in [0.05, 0.1) is 0 Å². The predicted octanol–water partition coefficient (Wildman–Crippen LogP) is 3.70. The van der Waals surface area contributed by atoms with E-state index in [1.54, 1.807) is 0 Å². The molecule has 0 N–H and O–H groups in total. The summed E-state index contributed by atoms with van der Waals surface area (Å²) in [6.07, 6.45) is 14.1. The third-order valence-electron chi connectivity index (χ3n) is 3.53. The van der Waals surface area contributed by atoms with Crippen molar-refractivity contribution in [2.24, 2.45) is 0 Å². The third-order valence-corrected chi connectivity index (χ3v) is 8.57. The fourth-order valence-electron chi connectivity index (χ4n) is 2.59. The summed E-state index contributed by atoms with van der Waals surface area (Å²) in [5.74, 6) is 0. The molecule has 0 bridgehead atoms. The second-order valence-electron chi connectivity index (χ2n) is 5.10. The Labute approximate surface area is 101 Å². The van der Waals surface area contributed by atoms with Crippen LogP contribution in [-0.4, -0.2) is 37.4 Å². The molecular formula is C14H27OP. The van der Waals surface area contributed by atoms with Crippen LogP contribution in [0.15, 0.2) is 25.3 Å². The second kappa shape index (κ2) is 7.25. The van der Waals surface area contributed by atoms with E-state index in [0.717, 1.165) is 6.61 Å². The van der Waals surface area contributed by atoms with Gasteiger partial charge in [-0.2, -0.15) is 0 Å². The topological polar surface area (TPSA) is 12.5 Å². The Kier molecular flexibility index (Phi) is 6.31. The Morgan fingerprint density at radius 3 is 2.31 bits per heavy atom. The van der Waals surface area contributed by atoms with Crippen molar-refractivity contribution < 1.29 is 4.74 Å². The Balaban J connectivity index is 2.51. The molecule has 0 aliphatic carbocycles. The van der Waals surface area contributed by atoms with E-state index in [0.29, 0.717) is 6.10 Å². The van der Waals surface area contributed by atoms with Gasteiger partial charge < -0.3 is 0 Å². The average molecular weight is 242 g/mol. The van der Waals surface area contributed by atoms with Crippen molar-refractivity contribution in [3.8, 4) is 0 Å². The molecule has 2 heteroatoms. The maximum atomic E-state index is 5.43. The van der Waals surface area contributed by atoms with E-state index in [9.17, 15) is 0 Å². The molecule has 0 radical (unpaired) electrons. The van der Waals surface area contributed by atoms with Crippen molar-refractivity contribution in [1.29, 1.82) is 0 Å². The van der Waals surface area contributed by atoms with E-state index >= 15 is 0 Å². The minimum absolute atomic E-state index is 0.577. The first-order chi connectivity index (χ1) is 7.76.